The fourth-order valence-electron chi connectivity index (χ4n) is 1.31. The SMILES string of the molecule is CCSC1=N/C(=C\c2ccccc2Br)C(=O)S1. The zero-order valence-electron chi connectivity index (χ0n) is 9.14. The molecule has 0 amide bonds. The smallest absolute Gasteiger partial charge is 0.244 e. The highest BCUT2D eigenvalue weighted by molar-refractivity contribution is 9.10. The van der Waals surface area contributed by atoms with Crippen LogP contribution in [0.25, 0.3) is 6.08 Å². The molecule has 1 aromatic carbocycles. The molecule has 0 saturated heterocycles. The minimum atomic E-state index is 0.0247. The van der Waals surface area contributed by atoms with Gasteiger partial charge in [-0.3, -0.25) is 4.79 Å². The Morgan fingerprint density at radius 1 is 1.47 bits per heavy atom. The highest BCUT2D eigenvalue weighted by atomic mass is 79.9. The number of thioether (sulfide) groups is 2. The van der Waals surface area contributed by atoms with Gasteiger partial charge in [-0.1, -0.05) is 52.8 Å². The van der Waals surface area contributed by atoms with Gasteiger partial charge >= 0.3 is 0 Å². The van der Waals surface area contributed by atoms with Gasteiger partial charge in [0.25, 0.3) is 0 Å². The first-order chi connectivity index (χ1) is 8.20. The van der Waals surface area contributed by atoms with E-state index in [0.717, 1.165) is 20.2 Å². The van der Waals surface area contributed by atoms with Gasteiger partial charge in [0.15, 0.2) is 0 Å². The Balaban J connectivity index is 2.28. The quantitative estimate of drug-likeness (QED) is 0.763. The Kier molecular flexibility index (Phi) is 4.48. The predicted molar refractivity (Wildman–Crippen MR) is 80.3 cm³/mol. The van der Waals surface area contributed by atoms with Gasteiger partial charge in [-0.05, 0) is 35.2 Å². The van der Waals surface area contributed by atoms with E-state index in [1.807, 2.05) is 37.3 Å². The first-order valence-electron chi connectivity index (χ1n) is 5.10. The number of carbonyl (C=O) groups excluding carboxylic acids is 1. The molecule has 0 spiro atoms. The van der Waals surface area contributed by atoms with Crippen molar-refractivity contribution in [3.05, 3.63) is 40.0 Å². The van der Waals surface area contributed by atoms with Gasteiger partial charge in [-0.2, -0.15) is 0 Å². The van der Waals surface area contributed by atoms with Crippen molar-refractivity contribution in [1.29, 1.82) is 0 Å². The van der Waals surface area contributed by atoms with E-state index in [9.17, 15) is 4.79 Å². The molecule has 0 unspecified atom stereocenters. The van der Waals surface area contributed by atoms with Crippen molar-refractivity contribution in [3.8, 4) is 0 Å². The summed E-state index contributed by atoms with van der Waals surface area (Å²) in [7, 11) is 0. The third-order valence-corrected chi connectivity index (χ3v) is 4.68. The van der Waals surface area contributed by atoms with Gasteiger partial charge in [0.2, 0.25) is 5.12 Å². The van der Waals surface area contributed by atoms with Crippen LogP contribution in [0.5, 0.6) is 0 Å². The van der Waals surface area contributed by atoms with Gasteiger partial charge in [0.05, 0.1) is 0 Å². The highest BCUT2D eigenvalue weighted by Gasteiger charge is 2.21. The van der Waals surface area contributed by atoms with Crippen molar-refractivity contribution in [2.45, 2.75) is 6.92 Å². The lowest BCUT2D eigenvalue weighted by molar-refractivity contribution is -0.107. The van der Waals surface area contributed by atoms with Crippen LogP contribution in [0.2, 0.25) is 0 Å². The zero-order valence-corrected chi connectivity index (χ0v) is 12.4. The summed E-state index contributed by atoms with van der Waals surface area (Å²) in [5, 5.41) is 0.0247. The molecule has 88 valence electrons. The first-order valence-corrected chi connectivity index (χ1v) is 7.70. The summed E-state index contributed by atoms with van der Waals surface area (Å²) < 4.78 is 1.81. The van der Waals surface area contributed by atoms with Crippen LogP contribution < -0.4 is 0 Å². The van der Waals surface area contributed by atoms with Crippen molar-refractivity contribution in [2.24, 2.45) is 4.99 Å². The number of halogens is 1. The molecule has 0 bridgehead atoms. The van der Waals surface area contributed by atoms with Crippen molar-refractivity contribution in [3.63, 3.8) is 0 Å². The molecule has 0 fully saturated rings. The number of aliphatic imine (C=N–C) groups is 1. The molecular weight excluding hydrogens is 318 g/mol. The van der Waals surface area contributed by atoms with E-state index in [1.54, 1.807) is 11.8 Å². The van der Waals surface area contributed by atoms with Crippen LogP contribution in [-0.2, 0) is 4.79 Å². The maximum atomic E-state index is 11.7. The Bertz CT molecular complexity index is 511. The third-order valence-electron chi connectivity index (χ3n) is 2.07. The van der Waals surface area contributed by atoms with E-state index in [2.05, 4.69) is 20.9 Å². The Hall–Kier alpha value is -0.520. The van der Waals surface area contributed by atoms with Gasteiger partial charge in [-0.25, -0.2) is 4.99 Å². The lowest BCUT2D eigenvalue weighted by Gasteiger charge is -1.97. The molecule has 0 saturated carbocycles. The van der Waals surface area contributed by atoms with Crippen molar-refractivity contribution in [2.75, 3.05) is 5.75 Å². The Morgan fingerprint density at radius 2 is 2.24 bits per heavy atom. The minimum Gasteiger partial charge on any atom is -0.279 e. The van der Waals surface area contributed by atoms with Crippen LogP contribution in [0.15, 0.2) is 39.4 Å². The van der Waals surface area contributed by atoms with Crippen LogP contribution in [0, 0.1) is 0 Å². The molecule has 1 aliphatic rings. The van der Waals surface area contributed by atoms with Crippen LogP contribution >= 0.6 is 39.5 Å². The normalized spacial score (nSPS) is 17.6. The molecule has 1 aliphatic heterocycles. The van der Waals surface area contributed by atoms with Crippen LogP contribution in [-0.4, -0.2) is 15.2 Å². The Labute approximate surface area is 117 Å². The van der Waals surface area contributed by atoms with Crippen LogP contribution in [0.4, 0.5) is 0 Å². The number of nitrogens with zero attached hydrogens (tertiary/aromatic N) is 1. The summed E-state index contributed by atoms with van der Waals surface area (Å²) in [6.07, 6.45) is 1.82. The molecule has 0 N–H and O–H groups in total. The molecule has 0 radical (unpaired) electrons. The zero-order chi connectivity index (χ0) is 12.3. The first kappa shape index (κ1) is 12.9. The summed E-state index contributed by atoms with van der Waals surface area (Å²) in [5.74, 6) is 0.932. The number of hydrogen-bond donors (Lipinski definition) is 0. The van der Waals surface area contributed by atoms with E-state index < -0.39 is 0 Å². The molecule has 1 heterocycles. The van der Waals surface area contributed by atoms with Crippen molar-refractivity contribution in [1.82, 2.24) is 0 Å². The molecule has 5 heteroatoms. The summed E-state index contributed by atoms with van der Waals surface area (Å²) in [6, 6.07) is 7.79. The Morgan fingerprint density at radius 3 is 2.94 bits per heavy atom. The summed E-state index contributed by atoms with van der Waals surface area (Å²) in [4.78, 5) is 16.1. The molecule has 0 aromatic heterocycles. The topological polar surface area (TPSA) is 29.4 Å². The second-order valence-electron chi connectivity index (χ2n) is 3.25. The number of carbonyl (C=O) groups is 1. The van der Waals surface area contributed by atoms with Crippen molar-refractivity contribution < 1.29 is 4.79 Å². The summed E-state index contributed by atoms with van der Waals surface area (Å²) >= 11 is 6.27. The molecule has 17 heavy (non-hydrogen) atoms. The molecule has 0 aliphatic carbocycles. The van der Waals surface area contributed by atoms with E-state index in [1.165, 1.54) is 11.8 Å². The van der Waals surface area contributed by atoms with Gasteiger partial charge in [0, 0.05) is 4.47 Å². The average molecular weight is 328 g/mol. The largest absolute Gasteiger partial charge is 0.279 e. The molecule has 2 rings (SSSR count). The number of benzene rings is 1. The molecule has 0 atom stereocenters. The predicted octanol–water partition coefficient (Wildman–Crippen LogP) is 4.17. The van der Waals surface area contributed by atoms with E-state index in [-0.39, 0.29) is 5.12 Å². The lowest BCUT2D eigenvalue weighted by atomic mass is 10.2. The second-order valence-corrected chi connectivity index (χ2v) is 6.58. The lowest BCUT2D eigenvalue weighted by Crippen LogP contribution is -1.88. The maximum Gasteiger partial charge on any atom is 0.244 e. The summed E-state index contributed by atoms with van der Waals surface area (Å²) in [6.45, 7) is 2.05. The van der Waals surface area contributed by atoms with E-state index >= 15 is 0 Å². The number of hydrogen-bond acceptors (Lipinski definition) is 4. The second kappa shape index (κ2) is 5.89. The monoisotopic (exact) mass is 327 g/mol. The van der Waals surface area contributed by atoms with Gasteiger partial charge < -0.3 is 0 Å². The number of rotatable bonds is 2. The maximum absolute atomic E-state index is 11.7. The van der Waals surface area contributed by atoms with Crippen molar-refractivity contribution >= 4 is 55.0 Å². The molecular formula is C12H10BrNOS2. The van der Waals surface area contributed by atoms with Gasteiger partial charge in [0.1, 0.15) is 10.1 Å². The third kappa shape index (κ3) is 3.24. The fourth-order valence-corrected chi connectivity index (χ4v) is 3.45. The minimum absolute atomic E-state index is 0.0247. The fraction of sp³-hybridized carbons (Fsp3) is 0.167. The van der Waals surface area contributed by atoms with E-state index in [0.29, 0.717) is 5.70 Å². The molecule has 2 nitrogen and oxygen atoms in total. The van der Waals surface area contributed by atoms with Gasteiger partial charge in [-0.15, -0.1) is 0 Å². The van der Waals surface area contributed by atoms with Crippen LogP contribution in [0.3, 0.4) is 0 Å². The van der Waals surface area contributed by atoms with Crippen LogP contribution in [0.1, 0.15) is 12.5 Å². The standard InChI is InChI=1S/C12H10BrNOS2/c1-2-16-12-14-10(11(15)17-12)7-8-5-3-4-6-9(8)13/h3-7H,2H2,1H3/b10-7-. The average Bonchev–Trinajstić information content (AvgIpc) is 2.63. The van der Waals surface area contributed by atoms with E-state index in [4.69, 9.17) is 0 Å². The highest BCUT2D eigenvalue weighted by Crippen LogP contribution is 2.31. The molecule has 1 aromatic rings. The summed E-state index contributed by atoms with van der Waals surface area (Å²) in [5.41, 5.74) is 1.50.